The van der Waals surface area contributed by atoms with Crippen LogP contribution in [-0.4, -0.2) is 44.0 Å². The Hall–Kier alpha value is -1.59. The zero-order valence-electron chi connectivity index (χ0n) is 12.1. The van der Waals surface area contributed by atoms with Gasteiger partial charge in [-0.25, -0.2) is 0 Å². The molecule has 5 heteroatoms. The van der Waals surface area contributed by atoms with Crippen LogP contribution in [0.25, 0.3) is 0 Å². The lowest BCUT2D eigenvalue weighted by Crippen LogP contribution is -2.32. The molecule has 0 saturated carbocycles. The SMILES string of the molecule is CC(C)c1ccccc1OCC(=O)NCCOCCO. The first-order valence-corrected chi connectivity index (χ1v) is 6.82. The van der Waals surface area contributed by atoms with Crippen LogP contribution in [0.3, 0.4) is 0 Å². The minimum absolute atomic E-state index is 0.0102. The van der Waals surface area contributed by atoms with Gasteiger partial charge in [-0.3, -0.25) is 4.79 Å². The highest BCUT2D eigenvalue weighted by molar-refractivity contribution is 5.77. The Morgan fingerprint density at radius 2 is 2.05 bits per heavy atom. The molecule has 0 unspecified atom stereocenters. The number of ether oxygens (including phenoxy) is 2. The van der Waals surface area contributed by atoms with Gasteiger partial charge in [0.15, 0.2) is 6.61 Å². The minimum Gasteiger partial charge on any atom is -0.483 e. The predicted octanol–water partition coefficient (Wildman–Crippen LogP) is 1.31. The van der Waals surface area contributed by atoms with Gasteiger partial charge in [0, 0.05) is 6.54 Å². The van der Waals surface area contributed by atoms with Crippen molar-refractivity contribution in [1.29, 1.82) is 0 Å². The van der Waals surface area contributed by atoms with Crippen molar-refractivity contribution >= 4 is 5.91 Å². The minimum atomic E-state index is -0.184. The zero-order valence-corrected chi connectivity index (χ0v) is 12.1. The molecule has 20 heavy (non-hydrogen) atoms. The molecule has 0 aromatic heterocycles. The first kappa shape index (κ1) is 16.5. The smallest absolute Gasteiger partial charge is 0.258 e. The molecule has 0 saturated heterocycles. The van der Waals surface area contributed by atoms with E-state index in [-0.39, 0.29) is 25.7 Å². The van der Waals surface area contributed by atoms with Crippen LogP contribution in [0.5, 0.6) is 5.75 Å². The monoisotopic (exact) mass is 281 g/mol. The van der Waals surface area contributed by atoms with E-state index in [0.717, 1.165) is 11.3 Å². The van der Waals surface area contributed by atoms with E-state index in [9.17, 15) is 4.79 Å². The Morgan fingerprint density at radius 1 is 1.30 bits per heavy atom. The van der Waals surface area contributed by atoms with Crippen LogP contribution < -0.4 is 10.1 Å². The second-order valence-electron chi connectivity index (χ2n) is 4.67. The highest BCUT2D eigenvalue weighted by Gasteiger charge is 2.08. The number of carbonyl (C=O) groups excluding carboxylic acids is 1. The van der Waals surface area contributed by atoms with Crippen molar-refractivity contribution in [2.75, 3.05) is 33.0 Å². The van der Waals surface area contributed by atoms with E-state index in [1.807, 2.05) is 24.3 Å². The number of hydrogen-bond donors (Lipinski definition) is 2. The first-order chi connectivity index (χ1) is 9.65. The third-order valence-corrected chi connectivity index (χ3v) is 2.70. The van der Waals surface area contributed by atoms with E-state index in [4.69, 9.17) is 14.6 Å². The Kier molecular flexibility index (Phi) is 7.69. The topological polar surface area (TPSA) is 67.8 Å². The summed E-state index contributed by atoms with van der Waals surface area (Å²) < 4.78 is 10.6. The molecule has 0 atom stereocenters. The number of amides is 1. The van der Waals surface area contributed by atoms with Gasteiger partial charge in [-0.1, -0.05) is 32.0 Å². The summed E-state index contributed by atoms with van der Waals surface area (Å²) in [5.41, 5.74) is 1.09. The van der Waals surface area contributed by atoms with Gasteiger partial charge >= 0.3 is 0 Å². The van der Waals surface area contributed by atoms with E-state index in [0.29, 0.717) is 19.1 Å². The van der Waals surface area contributed by atoms with Gasteiger partial charge in [0.2, 0.25) is 0 Å². The fourth-order valence-corrected chi connectivity index (χ4v) is 1.71. The molecule has 1 aromatic carbocycles. The van der Waals surface area contributed by atoms with Crippen LogP contribution in [0.15, 0.2) is 24.3 Å². The molecule has 0 radical (unpaired) electrons. The van der Waals surface area contributed by atoms with Gasteiger partial charge in [0.05, 0.1) is 19.8 Å². The second kappa shape index (κ2) is 9.34. The van der Waals surface area contributed by atoms with Crippen molar-refractivity contribution in [2.45, 2.75) is 19.8 Å². The van der Waals surface area contributed by atoms with Crippen molar-refractivity contribution in [3.63, 3.8) is 0 Å². The van der Waals surface area contributed by atoms with Crippen molar-refractivity contribution in [3.8, 4) is 5.75 Å². The number of aliphatic hydroxyl groups is 1. The Balaban J connectivity index is 2.30. The number of nitrogens with one attached hydrogen (secondary N) is 1. The normalized spacial score (nSPS) is 10.6. The average molecular weight is 281 g/mol. The second-order valence-corrected chi connectivity index (χ2v) is 4.67. The first-order valence-electron chi connectivity index (χ1n) is 6.82. The number of aliphatic hydroxyl groups excluding tert-OH is 1. The summed E-state index contributed by atoms with van der Waals surface area (Å²) in [6.45, 7) is 5.23. The summed E-state index contributed by atoms with van der Waals surface area (Å²) in [4.78, 5) is 11.6. The van der Waals surface area contributed by atoms with Crippen LogP contribution in [0, 0.1) is 0 Å². The number of carbonyl (C=O) groups is 1. The summed E-state index contributed by atoms with van der Waals surface area (Å²) in [5, 5.41) is 11.2. The van der Waals surface area contributed by atoms with Gasteiger partial charge in [0.25, 0.3) is 5.91 Å². The van der Waals surface area contributed by atoms with E-state index < -0.39 is 0 Å². The zero-order chi connectivity index (χ0) is 14.8. The molecular formula is C15H23NO4. The molecule has 1 rings (SSSR count). The lowest BCUT2D eigenvalue weighted by Gasteiger charge is -2.13. The molecule has 0 heterocycles. The summed E-state index contributed by atoms with van der Waals surface area (Å²) in [6, 6.07) is 7.72. The summed E-state index contributed by atoms with van der Waals surface area (Å²) in [5.74, 6) is 0.909. The fraction of sp³-hybridized carbons (Fsp3) is 0.533. The third kappa shape index (κ3) is 6.04. The molecule has 1 aromatic rings. The van der Waals surface area contributed by atoms with Crippen molar-refractivity contribution in [1.82, 2.24) is 5.32 Å². The fourth-order valence-electron chi connectivity index (χ4n) is 1.71. The standard InChI is InChI=1S/C15H23NO4/c1-12(2)13-5-3-4-6-14(13)20-11-15(18)16-7-9-19-10-8-17/h3-6,12,17H,7-11H2,1-2H3,(H,16,18). The molecular weight excluding hydrogens is 258 g/mol. The largest absolute Gasteiger partial charge is 0.483 e. The summed E-state index contributed by atoms with van der Waals surface area (Å²) in [6.07, 6.45) is 0. The van der Waals surface area contributed by atoms with E-state index >= 15 is 0 Å². The molecule has 0 aliphatic heterocycles. The van der Waals surface area contributed by atoms with Gasteiger partial charge < -0.3 is 19.9 Å². The maximum absolute atomic E-state index is 11.6. The van der Waals surface area contributed by atoms with Crippen LogP contribution in [0.1, 0.15) is 25.3 Å². The Bertz CT molecular complexity index is 407. The summed E-state index contributed by atoms with van der Waals surface area (Å²) >= 11 is 0. The summed E-state index contributed by atoms with van der Waals surface area (Å²) in [7, 11) is 0. The average Bonchev–Trinajstić information content (AvgIpc) is 2.45. The van der Waals surface area contributed by atoms with Crippen LogP contribution in [0.2, 0.25) is 0 Å². The molecule has 0 aliphatic rings. The number of para-hydroxylation sites is 1. The highest BCUT2D eigenvalue weighted by atomic mass is 16.5. The molecule has 0 aliphatic carbocycles. The molecule has 0 bridgehead atoms. The lowest BCUT2D eigenvalue weighted by atomic mass is 10.0. The maximum atomic E-state index is 11.6. The molecule has 1 amide bonds. The van der Waals surface area contributed by atoms with Gasteiger partial charge in [-0.15, -0.1) is 0 Å². The van der Waals surface area contributed by atoms with Gasteiger partial charge in [-0.05, 0) is 17.5 Å². The lowest BCUT2D eigenvalue weighted by molar-refractivity contribution is -0.123. The van der Waals surface area contributed by atoms with Crippen LogP contribution >= 0.6 is 0 Å². The van der Waals surface area contributed by atoms with Gasteiger partial charge in [-0.2, -0.15) is 0 Å². The van der Waals surface area contributed by atoms with Crippen molar-refractivity contribution < 1.29 is 19.4 Å². The molecule has 5 nitrogen and oxygen atoms in total. The maximum Gasteiger partial charge on any atom is 0.258 e. The predicted molar refractivity (Wildman–Crippen MR) is 76.9 cm³/mol. The van der Waals surface area contributed by atoms with E-state index in [1.165, 1.54) is 0 Å². The quantitative estimate of drug-likeness (QED) is 0.670. The van der Waals surface area contributed by atoms with E-state index in [2.05, 4.69) is 19.2 Å². The van der Waals surface area contributed by atoms with Crippen LogP contribution in [-0.2, 0) is 9.53 Å². The highest BCUT2D eigenvalue weighted by Crippen LogP contribution is 2.25. The number of benzene rings is 1. The van der Waals surface area contributed by atoms with E-state index in [1.54, 1.807) is 0 Å². The Labute approximate surface area is 119 Å². The molecule has 0 fully saturated rings. The van der Waals surface area contributed by atoms with Crippen molar-refractivity contribution in [3.05, 3.63) is 29.8 Å². The van der Waals surface area contributed by atoms with Gasteiger partial charge in [0.1, 0.15) is 5.75 Å². The third-order valence-electron chi connectivity index (χ3n) is 2.70. The molecule has 112 valence electrons. The molecule has 2 N–H and O–H groups in total. The van der Waals surface area contributed by atoms with Crippen molar-refractivity contribution in [2.24, 2.45) is 0 Å². The number of hydrogen-bond acceptors (Lipinski definition) is 4. The number of rotatable bonds is 9. The Morgan fingerprint density at radius 3 is 2.75 bits per heavy atom. The molecule has 0 spiro atoms. The van der Waals surface area contributed by atoms with Crippen LogP contribution in [0.4, 0.5) is 0 Å².